The number of aromatic nitrogens is 3. The molecule has 1 saturated carbocycles. The Hall–Kier alpha value is -1.55. The summed E-state index contributed by atoms with van der Waals surface area (Å²) in [4.78, 5) is 8.68. The minimum atomic E-state index is -3.50. The van der Waals surface area contributed by atoms with Crippen molar-refractivity contribution in [3.8, 4) is 0 Å². The molecule has 0 amide bonds. The first-order chi connectivity index (χ1) is 12.5. The molecule has 10 heteroatoms. The van der Waals surface area contributed by atoms with Gasteiger partial charge in [0.2, 0.25) is 15.9 Å². The lowest BCUT2D eigenvalue weighted by Crippen LogP contribution is -2.38. The molecule has 0 atom stereocenters. The van der Waals surface area contributed by atoms with Crippen LogP contribution in [0.2, 0.25) is 0 Å². The maximum atomic E-state index is 12.7. The summed E-state index contributed by atoms with van der Waals surface area (Å²) in [7, 11) is -3.50. The van der Waals surface area contributed by atoms with Crippen LogP contribution in [-0.4, -0.2) is 40.9 Å². The van der Waals surface area contributed by atoms with Crippen molar-refractivity contribution < 1.29 is 12.9 Å². The molecule has 2 aliphatic rings. The quantitative estimate of drug-likeness (QED) is 0.816. The molecule has 0 spiro atoms. The third-order valence-electron chi connectivity index (χ3n) is 5.46. The molecule has 1 aliphatic heterocycles. The SMILES string of the molecule is Cl.NC1(c2noc(C3CCN(S(=O)(=O)c4cccnc4)CC3)n2)CCCC1. The van der Waals surface area contributed by atoms with Gasteiger partial charge in [-0.2, -0.15) is 9.29 Å². The summed E-state index contributed by atoms with van der Waals surface area (Å²) in [5.41, 5.74) is 5.92. The number of sulfonamides is 1. The Morgan fingerprint density at radius 2 is 1.93 bits per heavy atom. The average Bonchev–Trinajstić information content (AvgIpc) is 3.33. The lowest BCUT2D eigenvalue weighted by molar-refractivity contribution is 0.268. The van der Waals surface area contributed by atoms with Crippen LogP contribution in [0.3, 0.4) is 0 Å². The molecule has 148 valence electrons. The molecule has 0 aromatic carbocycles. The number of rotatable bonds is 4. The predicted octanol–water partition coefficient (Wildman–Crippen LogP) is 2.18. The Morgan fingerprint density at radius 1 is 1.22 bits per heavy atom. The summed E-state index contributed by atoms with van der Waals surface area (Å²) < 4.78 is 32.3. The van der Waals surface area contributed by atoms with E-state index in [1.807, 2.05) is 0 Å². The summed E-state index contributed by atoms with van der Waals surface area (Å²) >= 11 is 0. The van der Waals surface area contributed by atoms with E-state index in [2.05, 4.69) is 15.1 Å². The fourth-order valence-electron chi connectivity index (χ4n) is 3.82. The highest BCUT2D eigenvalue weighted by molar-refractivity contribution is 7.89. The van der Waals surface area contributed by atoms with Crippen LogP contribution in [0.25, 0.3) is 0 Å². The van der Waals surface area contributed by atoms with E-state index in [1.165, 1.54) is 10.5 Å². The Bertz CT molecular complexity index is 860. The molecule has 1 aliphatic carbocycles. The molecule has 2 aromatic heterocycles. The first-order valence-corrected chi connectivity index (χ1v) is 10.5. The lowest BCUT2D eigenvalue weighted by atomic mass is 9.97. The summed E-state index contributed by atoms with van der Waals surface area (Å²) in [5, 5.41) is 4.11. The molecule has 2 aromatic rings. The molecule has 0 unspecified atom stereocenters. The topological polar surface area (TPSA) is 115 Å². The van der Waals surface area contributed by atoms with Crippen molar-refractivity contribution in [2.45, 2.75) is 54.9 Å². The number of halogens is 1. The van der Waals surface area contributed by atoms with Crippen LogP contribution in [0.1, 0.15) is 56.2 Å². The van der Waals surface area contributed by atoms with Gasteiger partial charge in [-0.3, -0.25) is 4.98 Å². The first kappa shape index (κ1) is 20.2. The van der Waals surface area contributed by atoms with E-state index in [4.69, 9.17) is 10.3 Å². The van der Waals surface area contributed by atoms with Gasteiger partial charge in [0.1, 0.15) is 4.90 Å². The van der Waals surface area contributed by atoms with Crippen molar-refractivity contribution in [3.63, 3.8) is 0 Å². The molecule has 27 heavy (non-hydrogen) atoms. The van der Waals surface area contributed by atoms with Gasteiger partial charge >= 0.3 is 0 Å². The zero-order valence-electron chi connectivity index (χ0n) is 15.0. The summed E-state index contributed by atoms with van der Waals surface area (Å²) in [6, 6.07) is 3.20. The van der Waals surface area contributed by atoms with E-state index in [0.29, 0.717) is 37.6 Å². The van der Waals surface area contributed by atoms with Crippen molar-refractivity contribution in [2.24, 2.45) is 5.73 Å². The molecule has 3 heterocycles. The number of piperidine rings is 1. The summed E-state index contributed by atoms with van der Waals surface area (Å²) in [5.74, 6) is 1.24. The van der Waals surface area contributed by atoms with Crippen LogP contribution in [0.4, 0.5) is 0 Å². The van der Waals surface area contributed by atoms with E-state index in [-0.39, 0.29) is 23.2 Å². The van der Waals surface area contributed by atoms with Gasteiger partial charge in [0.25, 0.3) is 0 Å². The van der Waals surface area contributed by atoms with Crippen LogP contribution in [0.5, 0.6) is 0 Å². The maximum Gasteiger partial charge on any atom is 0.244 e. The van der Waals surface area contributed by atoms with Crippen LogP contribution in [0, 0.1) is 0 Å². The van der Waals surface area contributed by atoms with Crippen molar-refractivity contribution >= 4 is 22.4 Å². The molecule has 2 fully saturated rings. The number of hydrogen-bond donors (Lipinski definition) is 1. The standard InChI is InChI=1S/C17H23N5O3S.ClH/c18-17(7-1-2-8-17)16-20-15(25-21-16)13-5-10-22(11-6-13)26(23,24)14-4-3-9-19-12-14;/h3-4,9,12-13H,1-2,5-8,10-11,18H2;1H. The van der Waals surface area contributed by atoms with Crippen LogP contribution in [0.15, 0.2) is 33.9 Å². The molecule has 2 N–H and O–H groups in total. The first-order valence-electron chi connectivity index (χ1n) is 9.02. The Morgan fingerprint density at radius 3 is 2.56 bits per heavy atom. The van der Waals surface area contributed by atoms with Gasteiger partial charge in [-0.1, -0.05) is 18.0 Å². The highest BCUT2D eigenvalue weighted by Crippen LogP contribution is 2.36. The van der Waals surface area contributed by atoms with Crippen molar-refractivity contribution in [2.75, 3.05) is 13.1 Å². The second-order valence-electron chi connectivity index (χ2n) is 7.19. The van der Waals surface area contributed by atoms with Crippen molar-refractivity contribution in [1.29, 1.82) is 0 Å². The number of hydrogen-bond acceptors (Lipinski definition) is 7. The van der Waals surface area contributed by atoms with E-state index < -0.39 is 15.6 Å². The maximum absolute atomic E-state index is 12.7. The van der Waals surface area contributed by atoms with E-state index >= 15 is 0 Å². The van der Waals surface area contributed by atoms with Crippen LogP contribution >= 0.6 is 12.4 Å². The highest BCUT2D eigenvalue weighted by Gasteiger charge is 2.38. The third kappa shape index (κ3) is 3.87. The minimum absolute atomic E-state index is 0. The second-order valence-corrected chi connectivity index (χ2v) is 9.12. The Kier molecular flexibility index (Phi) is 5.85. The van der Waals surface area contributed by atoms with Gasteiger partial charge in [0, 0.05) is 31.4 Å². The number of nitrogens with two attached hydrogens (primary N) is 1. The Balaban J connectivity index is 0.00000210. The number of nitrogens with zero attached hydrogens (tertiary/aromatic N) is 4. The van der Waals surface area contributed by atoms with Gasteiger partial charge in [-0.05, 0) is 37.8 Å². The fourth-order valence-corrected chi connectivity index (χ4v) is 5.26. The molecular weight excluding hydrogens is 390 g/mol. The van der Waals surface area contributed by atoms with E-state index in [1.54, 1.807) is 18.3 Å². The van der Waals surface area contributed by atoms with Crippen molar-refractivity contribution in [1.82, 2.24) is 19.4 Å². The molecule has 8 nitrogen and oxygen atoms in total. The normalized spacial score (nSPS) is 21.1. The predicted molar refractivity (Wildman–Crippen MR) is 101 cm³/mol. The van der Waals surface area contributed by atoms with E-state index in [9.17, 15) is 8.42 Å². The Labute approximate surface area is 165 Å². The zero-order valence-corrected chi connectivity index (χ0v) is 16.6. The van der Waals surface area contributed by atoms with Crippen molar-refractivity contribution in [3.05, 3.63) is 36.2 Å². The number of pyridine rings is 1. The van der Waals surface area contributed by atoms with Gasteiger partial charge in [-0.15, -0.1) is 12.4 Å². The lowest BCUT2D eigenvalue weighted by Gasteiger charge is -2.29. The largest absolute Gasteiger partial charge is 0.339 e. The van der Waals surface area contributed by atoms with E-state index in [0.717, 1.165) is 25.7 Å². The molecule has 4 rings (SSSR count). The van der Waals surface area contributed by atoms with Crippen LogP contribution < -0.4 is 5.73 Å². The molecule has 0 radical (unpaired) electrons. The average molecular weight is 414 g/mol. The van der Waals surface area contributed by atoms with Gasteiger partial charge < -0.3 is 10.3 Å². The van der Waals surface area contributed by atoms with Crippen LogP contribution in [-0.2, 0) is 15.6 Å². The second kappa shape index (κ2) is 7.83. The van der Waals surface area contributed by atoms with Gasteiger partial charge in [0.05, 0.1) is 5.54 Å². The molecular formula is C17H24ClN5O3S. The summed E-state index contributed by atoms with van der Waals surface area (Å²) in [6.07, 6.45) is 8.19. The highest BCUT2D eigenvalue weighted by atomic mass is 35.5. The monoisotopic (exact) mass is 413 g/mol. The summed E-state index contributed by atoms with van der Waals surface area (Å²) in [6.45, 7) is 0.848. The van der Waals surface area contributed by atoms with Gasteiger partial charge in [-0.25, -0.2) is 8.42 Å². The van der Waals surface area contributed by atoms with Gasteiger partial charge in [0.15, 0.2) is 5.82 Å². The minimum Gasteiger partial charge on any atom is -0.339 e. The smallest absolute Gasteiger partial charge is 0.244 e. The molecule has 0 bridgehead atoms. The molecule has 1 saturated heterocycles. The third-order valence-corrected chi connectivity index (χ3v) is 7.34. The zero-order chi connectivity index (χ0) is 18.2. The fraction of sp³-hybridized carbons (Fsp3) is 0.588.